The van der Waals surface area contributed by atoms with Crippen LogP contribution < -0.4 is 5.32 Å². The quantitative estimate of drug-likeness (QED) is 0.534. The van der Waals surface area contributed by atoms with E-state index in [0.717, 1.165) is 51.3 Å². The van der Waals surface area contributed by atoms with Crippen LogP contribution in [0.15, 0.2) is 40.2 Å². The fourth-order valence-electron chi connectivity index (χ4n) is 3.79. The van der Waals surface area contributed by atoms with Crippen molar-refractivity contribution in [3.05, 3.63) is 30.3 Å². The summed E-state index contributed by atoms with van der Waals surface area (Å²) in [6, 6.07) is 8.56. The van der Waals surface area contributed by atoms with Gasteiger partial charge in [-0.1, -0.05) is 18.2 Å². The molecule has 1 N–H and O–H groups in total. The topological polar surface area (TPSA) is 80.2 Å². The zero-order chi connectivity index (χ0) is 20.5. The van der Waals surface area contributed by atoms with Gasteiger partial charge in [-0.2, -0.15) is 0 Å². The molecule has 2 saturated heterocycles. The summed E-state index contributed by atoms with van der Waals surface area (Å²) in [7, 11) is -1.56. The number of guanidine groups is 1. The van der Waals surface area contributed by atoms with Crippen LogP contribution in [0.2, 0.25) is 0 Å². The average Bonchev–Trinajstić information content (AvgIpc) is 2.77. The number of hydrogen-bond acceptors (Lipinski definition) is 5. The summed E-state index contributed by atoms with van der Waals surface area (Å²) in [5.74, 6) is 0.791. The van der Waals surface area contributed by atoms with E-state index in [2.05, 4.69) is 15.2 Å². The Balaban J connectivity index is 1.38. The molecule has 29 heavy (non-hydrogen) atoms. The molecule has 1 aromatic rings. The van der Waals surface area contributed by atoms with E-state index in [1.165, 1.54) is 6.42 Å². The molecule has 0 aliphatic carbocycles. The molecule has 1 aromatic carbocycles. The molecule has 0 radical (unpaired) electrons. The lowest BCUT2D eigenvalue weighted by Crippen LogP contribution is -2.48. The normalized spacial score (nSPS) is 21.9. The molecule has 0 spiro atoms. The average molecular weight is 424 g/mol. The van der Waals surface area contributed by atoms with Crippen LogP contribution in [-0.2, 0) is 19.3 Å². The van der Waals surface area contributed by atoms with Gasteiger partial charge in [0.2, 0.25) is 0 Å². The second kappa shape index (κ2) is 10.9. The van der Waals surface area contributed by atoms with Crippen molar-refractivity contribution in [1.82, 2.24) is 10.2 Å². The Hall–Kier alpha value is -1.64. The predicted molar refractivity (Wildman–Crippen MR) is 114 cm³/mol. The van der Waals surface area contributed by atoms with Crippen LogP contribution in [0.25, 0.3) is 0 Å². The molecule has 1 unspecified atom stereocenters. The number of piperidine rings is 1. The summed E-state index contributed by atoms with van der Waals surface area (Å²) in [5, 5.41) is 3.20. The first-order valence-electron chi connectivity index (χ1n) is 10.5. The predicted octanol–water partition coefficient (Wildman–Crippen LogP) is 2.09. The van der Waals surface area contributed by atoms with Crippen molar-refractivity contribution in [2.24, 2.45) is 4.99 Å². The Bertz CT molecular complexity index is 740. The van der Waals surface area contributed by atoms with E-state index in [9.17, 15) is 8.42 Å². The van der Waals surface area contributed by atoms with Gasteiger partial charge in [0.05, 0.1) is 29.5 Å². The Kier molecular flexibility index (Phi) is 8.32. The summed E-state index contributed by atoms with van der Waals surface area (Å²) < 4.78 is 36.6. The molecule has 0 saturated carbocycles. The molecule has 0 amide bonds. The fourth-order valence-corrected chi connectivity index (χ4v) is 4.97. The Morgan fingerprint density at radius 1 is 1.21 bits per heavy atom. The van der Waals surface area contributed by atoms with Gasteiger partial charge in [0.1, 0.15) is 0 Å². The summed E-state index contributed by atoms with van der Waals surface area (Å²) in [4.78, 5) is 6.86. The first-order valence-corrected chi connectivity index (χ1v) is 12.2. The number of sulfone groups is 1. The van der Waals surface area contributed by atoms with Crippen LogP contribution in [0.3, 0.4) is 0 Å². The lowest BCUT2D eigenvalue weighted by molar-refractivity contribution is -0.0721. The highest BCUT2D eigenvalue weighted by atomic mass is 32.2. The molecule has 1 atom stereocenters. The summed E-state index contributed by atoms with van der Waals surface area (Å²) in [6.07, 6.45) is 5.88. The van der Waals surface area contributed by atoms with Gasteiger partial charge >= 0.3 is 0 Å². The number of ether oxygens (including phenoxy) is 2. The van der Waals surface area contributed by atoms with Gasteiger partial charge in [0.15, 0.2) is 15.8 Å². The monoisotopic (exact) mass is 423 g/mol. The molecule has 0 bridgehead atoms. The van der Waals surface area contributed by atoms with E-state index < -0.39 is 9.84 Å². The lowest BCUT2D eigenvalue weighted by atomic mass is 10.1. The first kappa shape index (κ1) is 22.1. The van der Waals surface area contributed by atoms with Gasteiger partial charge in [-0.3, -0.25) is 4.99 Å². The molecular weight excluding hydrogens is 390 g/mol. The van der Waals surface area contributed by atoms with E-state index >= 15 is 0 Å². The number of nitrogens with zero attached hydrogens (tertiary/aromatic N) is 2. The molecule has 2 aliphatic heterocycles. The third kappa shape index (κ3) is 6.69. The highest BCUT2D eigenvalue weighted by Crippen LogP contribution is 2.18. The van der Waals surface area contributed by atoms with Crippen LogP contribution in [0.1, 0.15) is 32.1 Å². The number of rotatable bonds is 7. The van der Waals surface area contributed by atoms with Gasteiger partial charge in [-0.05, 0) is 44.2 Å². The smallest absolute Gasteiger partial charge is 0.193 e. The zero-order valence-electron chi connectivity index (χ0n) is 17.3. The van der Waals surface area contributed by atoms with Crippen molar-refractivity contribution in [2.45, 2.75) is 49.2 Å². The van der Waals surface area contributed by atoms with E-state index in [0.29, 0.717) is 18.0 Å². The molecule has 2 aliphatic rings. The Morgan fingerprint density at radius 2 is 1.97 bits per heavy atom. The van der Waals surface area contributed by atoms with Crippen LogP contribution in [-0.4, -0.2) is 77.1 Å². The maximum Gasteiger partial charge on any atom is 0.193 e. The summed E-state index contributed by atoms with van der Waals surface area (Å²) in [6.45, 7) is 3.57. The lowest BCUT2D eigenvalue weighted by Gasteiger charge is -2.35. The Morgan fingerprint density at radius 3 is 2.62 bits per heavy atom. The number of benzene rings is 1. The van der Waals surface area contributed by atoms with Crippen molar-refractivity contribution in [3.63, 3.8) is 0 Å². The largest absolute Gasteiger partial charge is 0.376 e. The first-order chi connectivity index (χ1) is 14.1. The summed E-state index contributed by atoms with van der Waals surface area (Å²) in [5.41, 5.74) is 0. The molecule has 3 rings (SSSR count). The highest BCUT2D eigenvalue weighted by molar-refractivity contribution is 7.91. The minimum absolute atomic E-state index is 0.0387. The molecule has 0 aromatic heterocycles. The molecule has 162 valence electrons. The molecular formula is C21H33N3O4S. The molecule has 2 heterocycles. The minimum Gasteiger partial charge on any atom is -0.376 e. The molecule has 8 heteroatoms. The second-order valence-electron chi connectivity index (χ2n) is 7.61. The summed E-state index contributed by atoms with van der Waals surface area (Å²) >= 11 is 0. The van der Waals surface area contributed by atoms with E-state index in [1.807, 2.05) is 6.07 Å². The number of aliphatic imine (C=N–C) groups is 1. The Labute approximate surface area is 174 Å². The van der Waals surface area contributed by atoms with Crippen molar-refractivity contribution < 1.29 is 17.9 Å². The molecule has 2 fully saturated rings. The number of hydrogen-bond donors (Lipinski definition) is 1. The van der Waals surface area contributed by atoms with Gasteiger partial charge in [0.25, 0.3) is 0 Å². The number of likely N-dealkylation sites (tertiary alicyclic amines) is 1. The van der Waals surface area contributed by atoms with Crippen LogP contribution in [0, 0.1) is 0 Å². The maximum atomic E-state index is 12.4. The second-order valence-corrected chi connectivity index (χ2v) is 9.72. The van der Waals surface area contributed by atoms with E-state index in [-0.39, 0.29) is 18.0 Å². The third-order valence-electron chi connectivity index (χ3n) is 5.50. The van der Waals surface area contributed by atoms with Crippen molar-refractivity contribution >= 4 is 15.8 Å². The third-order valence-corrected chi connectivity index (χ3v) is 7.23. The van der Waals surface area contributed by atoms with Gasteiger partial charge in [0, 0.05) is 33.3 Å². The van der Waals surface area contributed by atoms with Crippen LogP contribution in [0.5, 0.6) is 0 Å². The number of nitrogens with one attached hydrogen (secondary N) is 1. The fraction of sp³-hybridized carbons (Fsp3) is 0.667. The van der Waals surface area contributed by atoms with E-state index in [4.69, 9.17) is 9.47 Å². The van der Waals surface area contributed by atoms with E-state index in [1.54, 1.807) is 31.3 Å². The van der Waals surface area contributed by atoms with Gasteiger partial charge in [-0.15, -0.1) is 0 Å². The minimum atomic E-state index is -3.29. The maximum absolute atomic E-state index is 12.4. The van der Waals surface area contributed by atoms with Crippen LogP contribution >= 0.6 is 0 Å². The van der Waals surface area contributed by atoms with Gasteiger partial charge < -0.3 is 19.7 Å². The van der Waals surface area contributed by atoms with Crippen molar-refractivity contribution in [1.29, 1.82) is 0 Å². The molecule has 7 nitrogen and oxygen atoms in total. The van der Waals surface area contributed by atoms with Crippen molar-refractivity contribution in [3.8, 4) is 0 Å². The highest BCUT2D eigenvalue weighted by Gasteiger charge is 2.24. The van der Waals surface area contributed by atoms with Gasteiger partial charge in [-0.25, -0.2) is 8.42 Å². The van der Waals surface area contributed by atoms with Crippen LogP contribution in [0.4, 0.5) is 0 Å². The van der Waals surface area contributed by atoms with Crippen molar-refractivity contribution in [2.75, 3.05) is 45.6 Å². The SMILES string of the molecule is CN=C(NCCS(=O)(=O)c1ccccc1)N1CCC(OCC2CCCCO2)CC1. The standard InChI is InChI=1S/C21H33N3O4S/c1-22-21(23-12-16-29(25,26)20-8-3-2-4-9-20)24-13-10-18(11-14-24)28-17-19-7-5-6-15-27-19/h2-4,8-9,18-19H,5-7,10-17H2,1H3,(H,22,23). The zero-order valence-corrected chi connectivity index (χ0v) is 18.1.